The first kappa shape index (κ1) is 11.4. The van der Waals surface area contributed by atoms with Crippen LogP contribution < -0.4 is 5.32 Å². The summed E-state index contributed by atoms with van der Waals surface area (Å²) in [6.45, 7) is 5.06. The van der Waals surface area contributed by atoms with E-state index in [-0.39, 0.29) is 6.04 Å². The Kier molecular flexibility index (Phi) is 3.80. The van der Waals surface area contributed by atoms with Crippen LogP contribution in [0.2, 0.25) is 0 Å². The van der Waals surface area contributed by atoms with Crippen molar-refractivity contribution >= 4 is 11.3 Å². The molecule has 1 unspecified atom stereocenters. The van der Waals surface area contributed by atoms with Crippen LogP contribution in [0, 0.1) is 6.92 Å². The molecule has 86 valence electrons. The molecule has 0 fully saturated rings. The van der Waals surface area contributed by atoms with E-state index in [9.17, 15) is 0 Å². The Morgan fingerprint density at radius 1 is 1.38 bits per heavy atom. The summed E-state index contributed by atoms with van der Waals surface area (Å²) < 4.78 is 5.69. The molecule has 2 aromatic heterocycles. The minimum Gasteiger partial charge on any atom is -0.465 e. The summed E-state index contributed by atoms with van der Waals surface area (Å²) in [5.74, 6) is 2.01. The third kappa shape index (κ3) is 2.74. The van der Waals surface area contributed by atoms with Gasteiger partial charge in [0, 0.05) is 0 Å². The van der Waals surface area contributed by atoms with Crippen molar-refractivity contribution in [3.63, 3.8) is 0 Å². The fourth-order valence-electron chi connectivity index (χ4n) is 1.80. The molecule has 0 amide bonds. The largest absolute Gasteiger partial charge is 0.465 e. The van der Waals surface area contributed by atoms with E-state index in [0.29, 0.717) is 0 Å². The van der Waals surface area contributed by atoms with Gasteiger partial charge in [-0.25, -0.2) is 0 Å². The summed E-state index contributed by atoms with van der Waals surface area (Å²) >= 11 is 1.74. The SMILES string of the molecule is CCNC(Cc1ccsc1)c1ccc(C)o1. The summed E-state index contributed by atoms with van der Waals surface area (Å²) in [6, 6.07) is 6.54. The molecule has 1 atom stereocenters. The second kappa shape index (κ2) is 5.32. The molecule has 0 spiro atoms. The number of hydrogen-bond acceptors (Lipinski definition) is 3. The first-order valence-electron chi connectivity index (χ1n) is 5.60. The van der Waals surface area contributed by atoms with Crippen LogP contribution in [-0.2, 0) is 6.42 Å². The molecule has 2 heterocycles. The van der Waals surface area contributed by atoms with E-state index in [1.54, 1.807) is 11.3 Å². The summed E-state index contributed by atoms with van der Waals surface area (Å²) in [5.41, 5.74) is 1.37. The normalized spacial score (nSPS) is 12.9. The zero-order chi connectivity index (χ0) is 11.4. The maximum absolute atomic E-state index is 5.69. The van der Waals surface area contributed by atoms with Crippen LogP contribution in [-0.4, -0.2) is 6.54 Å². The van der Waals surface area contributed by atoms with Crippen molar-refractivity contribution in [3.05, 3.63) is 46.0 Å². The topological polar surface area (TPSA) is 25.2 Å². The van der Waals surface area contributed by atoms with Crippen molar-refractivity contribution in [1.82, 2.24) is 5.32 Å². The quantitative estimate of drug-likeness (QED) is 0.857. The molecule has 2 rings (SSSR count). The van der Waals surface area contributed by atoms with Gasteiger partial charge in [-0.05, 0) is 54.4 Å². The number of thiophene rings is 1. The fourth-order valence-corrected chi connectivity index (χ4v) is 2.49. The summed E-state index contributed by atoms with van der Waals surface area (Å²) in [6.07, 6.45) is 0.990. The van der Waals surface area contributed by atoms with Gasteiger partial charge in [-0.3, -0.25) is 0 Å². The molecule has 2 nitrogen and oxygen atoms in total. The molecule has 0 saturated carbocycles. The van der Waals surface area contributed by atoms with Gasteiger partial charge in [-0.15, -0.1) is 0 Å². The Morgan fingerprint density at radius 3 is 2.81 bits per heavy atom. The molecule has 0 radical (unpaired) electrons. The summed E-state index contributed by atoms with van der Waals surface area (Å²) in [5, 5.41) is 7.77. The lowest BCUT2D eigenvalue weighted by molar-refractivity contribution is 0.403. The van der Waals surface area contributed by atoms with Crippen LogP contribution >= 0.6 is 11.3 Å². The lowest BCUT2D eigenvalue weighted by Gasteiger charge is -2.14. The monoisotopic (exact) mass is 235 g/mol. The van der Waals surface area contributed by atoms with E-state index in [0.717, 1.165) is 24.5 Å². The smallest absolute Gasteiger partial charge is 0.121 e. The predicted molar refractivity (Wildman–Crippen MR) is 67.9 cm³/mol. The number of likely N-dealkylation sites (N-methyl/N-ethyl adjacent to an activating group) is 1. The average molecular weight is 235 g/mol. The standard InChI is InChI=1S/C13H17NOS/c1-3-14-12(8-11-6-7-16-9-11)13-5-4-10(2)15-13/h4-7,9,12,14H,3,8H2,1-2H3. The van der Waals surface area contributed by atoms with Crippen molar-refractivity contribution in [2.24, 2.45) is 0 Å². The highest BCUT2D eigenvalue weighted by Crippen LogP contribution is 2.21. The highest BCUT2D eigenvalue weighted by Gasteiger charge is 2.14. The van der Waals surface area contributed by atoms with Gasteiger partial charge in [0.25, 0.3) is 0 Å². The van der Waals surface area contributed by atoms with E-state index in [4.69, 9.17) is 4.42 Å². The Labute approximate surface area is 100 Å². The molecule has 16 heavy (non-hydrogen) atoms. The summed E-state index contributed by atoms with van der Waals surface area (Å²) in [4.78, 5) is 0. The van der Waals surface area contributed by atoms with Gasteiger partial charge in [0.2, 0.25) is 0 Å². The number of furan rings is 1. The molecule has 0 aromatic carbocycles. The maximum Gasteiger partial charge on any atom is 0.121 e. The van der Waals surface area contributed by atoms with E-state index >= 15 is 0 Å². The second-order valence-electron chi connectivity index (χ2n) is 3.89. The van der Waals surface area contributed by atoms with Crippen LogP contribution in [0.15, 0.2) is 33.4 Å². The highest BCUT2D eigenvalue weighted by atomic mass is 32.1. The third-order valence-corrected chi connectivity index (χ3v) is 3.31. The van der Waals surface area contributed by atoms with Crippen molar-refractivity contribution < 1.29 is 4.42 Å². The molecular weight excluding hydrogens is 218 g/mol. The Morgan fingerprint density at radius 2 is 2.25 bits per heavy atom. The predicted octanol–water partition coefficient (Wildman–Crippen LogP) is 3.54. The molecule has 2 aromatic rings. The highest BCUT2D eigenvalue weighted by molar-refractivity contribution is 7.07. The van der Waals surface area contributed by atoms with Gasteiger partial charge in [0.1, 0.15) is 11.5 Å². The first-order valence-corrected chi connectivity index (χ1v) is 6.54. The zero-order valence-corrected chi connectivity index (χ0v) is 10.5. The number of nitrogens with one attached hydrogen (secondary N) is 1. The van der Waals surface area contributed by atoms with Crippen molar-refractivity contribution in [1.29, 1.82) is 0 Å². The molecule has 0 aliphatic heterocycles. The molecule has 0 bridgehead atoms. The third-order valence-electron chi connectivity index (χ3n) is 2.58. The van der Waals surface area contributed by atoms with Crippen molar-refractivity contribution in [2.75, 3.05) is 6.54 Å². The van der Waals surface area contributed by atoms with Gasteiger partial charge in [0.15, 0.2) is 0 Å². The molecule has 0 saturated heterocycles. The first-order chi connectivity index (χ1) is 7.79. The number of aryl methyl sites for hydroxylation is 1. The van der Waals surface area contributed by atoms with Crippen LogP contribution in [0.4, 0.5) is 0 Å². The molecular formula is C13H17NOS. The Hall–Kier alpha value is -1.06. The van der Waals surface area contributed by atoms with Gasteiger partial charge in [0.05, 0.1) is 6.04 Å². The maximum atomic E-state index is 5.69. The molecule has 3 heteroatoms. The second-order valence-corrected chi connectivity index (χ2v) is 4.67. The minimum absolute atomic E-state index is 0.285. The zero-order valence-electron chi connectivity index (χ0n) is 9.69. The van der Waals surface area contributed by atoms with E-state index in [1.807, 2.05) is 13.0 Å². The Bertz CT molecular complexity index is 419. The molecule has 0 aliphatic carbocycles. The number of rotatable bonds is 5. The van der Waals surface area contributed by atoms with E-state index in [2.05, 4.69) is 35.1 Å². The van der Waals surface area contributed by atoms with Crippen LogP contribution in [0.3, 0.4) is 0 Å². The lowest BCUT2D eigenvalue weighted by atomic mass is 10.1. The molecule has 1 N–H and O–H groups in total. The van der Waals surface area contributed by atoms with E-state index < -0.39 is 0 Å². The minimum atomic E-state index is 0.285. The van der Waals surface area contributed by atoms with E-state index in [1.165, 1.54) is 5.56 Å². The summed E-state index contributed by atoms with van der Waals surface area (Å²) in [7, 11) is 0. The van der Waals surface area contributed by atoms with Crippen molar-refractivity contribution in [2.45, 2.75) is 26.3 Å². The lowest BCUT2D eigenvalue weighted by Crippen LogP contribution is -2.22. The van der Waals surface area contributed by atoms with Gasteiger partial charge in [-0.2, -0.15) is 11.3 Å². The number of hydrogen-bond donors (Lipinski definition) is 1. The Balaban J connectivity index is 2.11. The van der Waals surface area contributed by atoms with Gasteiger partial charge in [-0.1, -0.05) is 6.92 Å². The fraction of sp³-hybridized carbons (Fsp3) is 0.385. The van der Waals surface area contributed by atoms with Crippen LogP contribution in [0.25, 0.3) is 0 Å². The van der Waals surface area contributed by atoms with Gasteiger partial charge < -0.3 is 9.73 Å². The van der Waals surface area contributed by atoms with Crippen LogP contribution in [0.5, 0.6) is 0 Å². The van der Waals surface area contributed by atoms with Crippen LogP contribution in [0.1, 0.15) is 30.0 Å². The average Bonchev–Trinajstić information content (AvgIpc) is 2.88. The van der Waals surface area contributed by atoms with Crippen molar-refractivity contribution in [3.8, 4) is 0 Å². The van der Waals surface area contributed by atoms with Gasteiger partial charge >= 0.3 is 0 Å². The molecule has 0 aliphatic rings.